The molecule has 4 heteroatoms. The molecule has 0 saturated heterocycles. The van der Waals surface area contributed by atoms with Crippen LogP contribution in [0.25, 0.3) is 0 Å². The van der Waals surface area contributed by atoms with Crippen molar-refractivity contribution in [1.82, 2.24) is 0 Å². The quantitative estimate of drug-likeness (QED) is 0.689. The number of nitrogens with zero attached hydrogens (tertiary/aromatic N) is 1. The van der Waals surface area contributed by atoms with Crippen molar-refractivity contribution in [2.45, 2.75) is 32.6 Å². The molecule has 0 aliphatic heterocycles. The Morgan fingerprint density at radius 1 is 1.79 bits per heavy atom. The number of carboxylic acid groups (broad SMARTS) is 1. The molecule has 0 aromatic rings. The molecule has 1 N–H and O–H groups in total. The maximum Gasteiger partial charge on any atom is 0.317 e. The van der Waals surface area contributed by atoms with E-state index in [-0.39, 0.29) is 24.5 Å². The Kier molecular flexibility index (Phi) is 2.90. The first-order valence-corrected chi connectivity index (χ1v) is 4.69. The number of carboxylic acids is 1. The van der Waals surface area contributed by atoms with Gasteiger partial charge in [-0.3, -0.25) is 9.59 Å². The minimum atomic E-state index is -1.27. The number of rotatable bonds is 3. The van der Waals surface area contributed by atoms with E-state index in [9.17, 15) is 9.59 Å². The second kappa shape index (κ2) is 3.79. The van der Waals surface area contributed by atoms with E-state index in [0.29, 0.717) is 12.8 Å². The van der Waals surface area contributed by atoms with Gasteiger partial charge < -0.3 is 5.11 Å². The van der Waals surface area contributed by atoms with Crippen molar-refractivity contribution in [3.05, 3.63) is 0 Å². The molecule has 76 valence electrons. The van der Waals surface area contributed by atoms with Crippen LogP contribution in [0.4, 0.5) is 0 Å². The monoisotopic (exact) mass is 195 g/mol. The molecule has 0 bridgehead atoms. The smallest absolute Gasteiger partial charge is 0.317 e. The second-order valence-corrected chi connectivity index (χ2v) is 3.85. The lowest BCUT2D eigenvalue weighted by Gasteiger charge is -2.20. The molecule has 0 radical (unpaired) electrons. The van der Waals surface area contributed by atoms with Crippen molar-refractivity contribution in [1.29, 1.82) is 5.26 Å². The molecule has 0 spiro atoms. The highest BCUT2D eigenvalue weighted by Crippen LogP contribution is 2.42. The van der Waals surface area contributed by atoms with Crippen LogP contribution >= 0.6 is 0 Å². The first kappa shape index (κ1) is 10.7. The Labute approximate surface area is 82.5 Å². The van der Waals surface area contributed by atoms with Crippen LogP contribution in [-0.4, -0.2) is 16.9 Å². The lowest BCUT2D eigenvalue weighted by Crippen LogP contribution is -2.36. The predicted octanol–water partition coefficient (Wildman–Crippen LogP) is 1.36. The zero-order valence-electron chi connectivity index (χ0n) is 8.12. The topological polar surface area (TPSA) is 78.2 Å². The molecule has 2 atom stereocenters. The Morgan fingerprint density at radius 3 is 2.79 bits per heavy atom. The SMILES string of the molecule is C[C@@H]1CC[C@@](CCC#N)(C(=O)O)C1=O. The van der Waals surface area contributed by atoms with Gasteiger partial charge in [0.2, 0.25) is 0 Å². The molecule has 0 heterocycles. The van der Waals surface area contributed by atoms with Gasteiger partial charge in [-0.25, -0.2) is 0 Å². The summed E-state index contributed by atoms with van der Waals surface area (Å²) in [5, 5.41) is 17.5. The molecule has 1 aliphatic carbocycles. The molecule has 0 aromatic carbocycles. The predicted molar refractivity (Wildman–Crippen MR) is 48.3 cm³/mol. The van der Waals surface area contributed by atoms with Crippen molar-refractivity contribution in [2.24, 2.45) is 11.3 Å². The molecule has 1 fully saturated rings. The highest BCUT2D eigenvalue weighted by atomic mass is 16.4. The third-order valence-electron chi connectivity index (χ3n) is 3.00. The molecule has 1 saturated carbocycles. The van der Waals surface area contributed by atoms with Gasteiger partial charge in [-0.2, -0.15) is 5.26 Å². The standard InChI is InChI=1S/C10H13NO3/c1-7-3-5-10(8(7)12,9(13)14)4-2-6-11/h7H,2-5H2,1H3,(H,13,14)/t7-,10-/m1/s1. The van der Waals surface area contributed by atoms with E-state index in [1.807, 2.05) is 6.07 Å². The van der Waals surface area contributed by atoms with Crippen LogP contribution in [0.3, 0.4) is 0 Å². The summed E-state index contributed by atoms with van der Waals surface area (Å²) >= 11 is 0. The number of hydrogen-bond acceptors (Lipinski definition) is 3. The van der Waals surface area contributed by atoms with Gasteiger partial charge >= 0.3 is 5.97 Å². The zero-order chi connectivity index (χ0) is 10.8. The van der Waals surface area contributed by atoms with E-state index >= 15 is 0 Å². The van der Waals surface area contributed by atoms with Gasteiger partial charge in [0.05, 0.1) is 6.07 Å². The molecule has 0 unspecified atom stereocenters. The van der Waals surface area contributed by atoms with Crippen LogP contribution < -0.4 is 0 Å². The van der Waals surface area contributed by atoms with E-state index < -0.39 is 11.4 Å². The van der Waals surface area contributed by atoms with Gasteiger partial charge in [0.1, 0.15) is 5.41 Å². The first-order chi connectivity index (χ1) is 6.54. The molecule has 1 rings (SSSR count). The normalized spacial score (nSPS) is 31.4. The fourth-order valence-corrected chi connectivity index (χ4v) is 2.03. The largest absolute Gasteiger partial charge is 0.480 e. The summed E-state index contributed by atoms with van der Waals surface area (Å²) in [5.74, 6) is -1.45. The lowest BCUT2D eigenvalue weighted by molar-refractivity contribution is -0.154. The van der Waals surface area contributed by atoms with Crippen molar-refractivity contribution >= 4 is 11.8 Å². The molecule has 0 amide bonds. The minimum absolute atomic E-state index is 0.130. The number of nitriles is 1. The van der Waals surface area contributed by atoms with Gasteiger partial charge in [-0.15, -0.1) is 0 Å². The third kappa shape index (κ3) is 1.50. The second-order valence-electron chi connectivity index (χ2n) is 3.85. The summed E-state index contributed by atoms with van der Waals surface area (Å²) < 4.78 is 0. The zero-order valence-corrected chi connectivity index (χ0v) is 8.12. The van der Waals surface area contributed by atoms with Crippen LogP contribution in [0.15, 0.2) is 0 Å². The fraction of sp³-hybridized carbons (Fsp3) is 0.700. The number of carbonyl (C=O) groups excluding carboxylic acids is 1. The van der Waals surface area contributed by atoms with Crippen LogP contribution in [0.5, 0.6) is 0 Å². The Morgan fingerprint density at radius 2 is 2.43 bits per heavy atom. The van der Waals surface area contributed by atoms with Crippen molar-refractivity contribution in [2.75, 3.05) is 0 Å². The number of aliphatic carboxylic acids is 1. The van der Waals surface area contributed by atoms with Crippen LogP contribution in [0.1, 0.15) is 32.6 Å². The summed E-state index contributed by atoms with van der Waals surface area (Å²) in [5.41, 5.74) is -1.27. The summed E-state index contributed by atoms with van der Waals surface area (Å²) in [6.45, 7) is 1.75. The molecule has 4 nitrogen and oxygen atoms in total. The Hall–Kier alpha value is -1.37. The Bertz CT molecular complexity index is 305. The van der Waals surface area contributed by atoms with Crippen LogP contribution in [0.2, 0.25) is 0 Å². The van der Waals surface area contributed by atoms with Crippen LogP contribution in [-0.2, 0) is 9.59 Å². The Balaban J connectivity index is 2.89. The van der Waals surface area contributed by atoms with Crippen molar-refractivity contribution < 1.29 is 14.7 Å². The van der Waals surface area contributed by atoms with Gasteiger partial charge in [0.15, 0.2) is 5.78 Å². The lowest BCUT2D eigenvalue weighted by atomic mass is 9.80. The van der Waals surface area contributed by atoms with E-state index in [1.54, 1.807) is 6.92 Å². The van der Waals surface area contributed by atoms with E-state index in [4.69, 9.17) is 10.4 Å². The summed E-state index contributed by atoms with van der Waals surface area (Å²) in [7, 11) is 0. The molecule has 14 heavy (non-hydrogen) atoms. The van der Waals surface area contributed by atoms with Crippen LogP contribution in [0, 0.1) is 22.7 Å². The number of Topliss-reactive ketones (excluding diaryl/α,β-unsaturated/α-hetero) is 1. The highest BCUT2D eigenvalue weighted by molar-refractivity contribution is 6.05. The number of ketones is 1. The molecule has 1 aliphatic rings. The average molecular weight is 195 g/mol. The van der Waals surface area contributed by atoms with E-state index in [1.165, 1.54) is 0 Å². The first-order valence-electron chi connectivity index (χ1n) is 4.69. The van der Waals surface area contributed by atoms with E-state index in [2.05, 4.69) is 0 Å². The van der Waals surface area contributed by atoms with Gasteiger partial charge in [0.25, 0.3) is 0 Å². The molecule has 0 aromatic heterocycles. The van der Waals surface area contributed by atoms with Gasteiger partial charge in [-0.1, -0.05) is 6.92 Å². The molecular formula is C10H13NO3. The highest BCUT2D eigenvalue weighted by Gasteiger charge is 2.51. The van der Waals surface area contributed by atoms with Gasteiger partial charge in [0, 0.05) is 12.3 Å². The number of carbonyl (C=O) groups is 2. The van der Waals surface area contributed by atoms with E-state index in [0.717, 1.165) is 0 Å². The summed E-state index contributed by atoms with van der Waals surface area (Å²) in [6, 6.07) is 1.89. The maximum absolute atomic E-state index is 11.7. The average Bonchev–Trinajstić information content (AvgIpc) is 2.43. The molecular weight excluding hydrogens is 182 g/mol. The summed E-state index contributed by atoms with van der Waals surface area (Å²) in [6.07, 6.45) is 1.29. The van der Waals surface area contributed by atoms with Crippen molar-refractivity contribution in [3.63, 3.8) is 0 Å². The summed E-state index contributed by atoms with van der Waals surface area (Å²) in [4.78, 5) is 22.7. The maximum atomic E-state index is 11.7. The number of hydrogen-bond donors (Lipinski definition) is 1. The van der Waals surface area contributed by atoms with Gasteiger partial charge in [-0.05, 0) is 19.3 Å². The van der Waals surface area contributed by atoms with Crippen molar-refractivity contribution in [3.8, 4) is 6.07 Å². The minimum Gasteiger partial charge on any atom is -0.480 e. The fourth-order valence-electron chi connectivity index (χ4n) is 2.03. The third-order valence-corrected chi connectivity index (χ3v) is 3.00.